The topological polar surface area (TPSA) is 86.7 Å². The zero-order chi connectivity index (χ0) is 20.8. The number of nitrogens with zero attached hydrogens (tertiary/aromatic N) is 4. The van der Waals surface area contributed by atoms with E-state index < -0.39 is 6.23 Å². The van der Waals surface area contributed by atoms with Crippen molar-refractivity contribution in [2.45, 2.75) is 18.3 Å². The molecule has 152 valence electrons. The number of carbonyl (C=O) groups excluding carboxylic acids is 1. The predicted molar refractivity (Wildman–Crippen MR) is 114 cm³/mol. The molecule has 5 rings (SSSR count). The molecule has 8 nitrogen and oxygen atoms in total. The van der Waals surface area contributed by atoms with Gasteiger partial charge in [-0.1, -0.05) is 27.7 Å². The molecule has 3 heterocycles. The van der Waals surface area contributed by atoms with Crippen molar-refractivity contribution in [2.24, 2.45) is 0 Å². The van der Waals surface area contributed by atoms with Gasteiger partial charge in [0.2, 0.25) is 30.0 Å². The standard InChI is InChI=1S/C20H15BrN4O4S/c1-10(26)25-14-5-4-12(21)8-13(14)17-18(22-20(30-2)24-23-17)29-19(25)11-3-6-15-16(7-11)28-9-27-15/h3-8,19H,9H2,1-2H3/t19-/m1/s1. The molecule has 2 aliphatic rings. The Morgan fingerprint density at radius 2 is 2.00 bits per heavy atom. The first kappa shape index (κ1) is 19.1. The molecule has 10 heteroatoms. The van der Waals surface area contributed by atoms with Gasteiger partial charge < -0.3 is 14.2 Å². The van der Waals surface area contributed by atoms with Crippen LogP contribution in [0.5, 0.6) is 17.4 Å². The first-order chi connectivity index (χ1) is 14.5. The minimum atomic E-state index is -0.774. The van der Waals surface area contributed by atoms with E-state index in [1.54, 1.807) is 11.0 Å². The molecule has 0 saturated carbocycles. The van der Waals surface area contributed by atoms with Crippen LogP contribution < -0.4 is 19.1 Å². The zero-order valence-corrected chi connectivity index (χ0v) is 18.4. The van der Waals surface area contributed by atoms with Gasteiger partial charge in [0.1, 0.15) is 0 Å². The van der Waals surface area contributed by atoms with Gasteiger partial charge in [-0.25, -0.2) is 0 Å². The lowest BCUT2D eigenvalue weighted by Crippen LogP contribution is -2.36. The summed E-state index contributed by atoms with van der Waals surface area (Å²) in [5, 5.41) is 8.99. The van der Waals surface area contributed by atoms with Crippen LogP contribution in [0, 0.1) is 0 Å². The molecule has 0 N–H and O–H groups in total. The quantitative estimate of drug-likeness (QED) is 0.498. The van der Waals surface area contributed by atoms with Gasteiger partial charge in [0.25, 0.3) is 0 Å². The van der Waals surface area contributed by atoms with Crippen LogP contribution in [0.25, 0.3) is 11.3 Å². The molecular formula is C20H15BrN4O4S. The molecule has 0 bridgehead atoms. The maximum absolute atomic E-state index is 12.8. The monoisotopic (exact) mass is 486 g/mol. The number of thioether (sulfide) groups is 1. The zero-order valence-electron chi connectivity index (χ0n) is 16.0. The Bertz CT molecular complexity index is 1180. The average molecular weight is 487 g/mol. The SMILES string of the molecule is CSc1nnc2c(n1)O[C@H](c1ccc3c(c1)OCO3)N(C(C)=O)c1ccc(Br)cc1-2. The predicted octanol–water partition coefficient (Wildman–Crippen LogP) is 4.20. The highest BCUT2D eigenvalue weighted by atomic mass is 79.9. The number of amides is 1. The van der Waals surface area contributed by atoms with Crippen molar-refractivity contribution >= 4 is 39.3 Å². The van der Waals surface area contributed by atoms with E-state index in [2.05, 4.69) is 31.1 Å². The molecule has 0 fully saturated rings. The van der Waals surface area contributed by atoms with E-state index in [4.69, 9.17) is 14.2 Å². The van der Waals surface area contributed by atoms with Crippen LogP contribution in [0.3, 0.4) is 0 Å². The number of aromatic nitrogens is 3. The van der Waals surface area contributed by atoms with Crippen molar-refractivity contribution in [3.8, 4) is 28.6 Å². The molecule has 3 aromatic rings. The third-order valence-corrected chi connectivity index (χ3v) is 5.80. The Kier molecular flexibility index (Phi) is 4.75. The van der Waals surface area contributed by atoms with E-state index in [0.29, 0.717) is 39.5 Å². The highest BCUT2D eigenvalue weighted by Crippen LogP contribution is 2.45. The number of ether oxygens (including phenoxy) is 3. The van der Waals surface area contributed by atoms with Gasteiger partial charge in [0, 0.05) is 22.5 Å². The highest BCUT2D eigenvalue weighted by molar-refractivity contribution is 9.10. The van der Waals surface area contributed by atoms with Gasteiger partial charge in [0.05, 0.1) is 5.69 Å². The third kappa shape index (κ3) is 3.16. The number of fused-ring (bicyclic) bond motifs is 4. The summed E-state index contributed by atoms with van der Waals surface area (Å²) >= 11 is 4.86. The number of rotatable bonds is 2. The Morgan fingerprint density at radius 1 is 1.17 bits per heavy atom. The summed E-state index contributed by atoms with van der Waals surface area (Å²) in [5.74, 6) is 1.37. The van der Waals surface area contributed by atoms with Crippen LogP contribution in [0.1, 0.15) is 18.7 Å². The largest absolute Gasteiger partial charge is 0.454 e. The van der Waals surface area contributed by atoms with Crippen molar-refractivity contribution < 1.29 is 19.0 Å². The molecule has 2 aromatic carbocycles. The van der Waals surface area contributed by atoms with E-state index in [9.17, 15) is 4.79 Å². The molecule has 30 heavy (non-hydrogen) atoms. The fourth-order valence-electron chi connectivity index (χ4n) is 3.45. The lowest BCUT2D eigenvalue weighted by molar-refractivity contribution is -0.118. The van der Waals surface area contributed by atoms with Gasteiger partial charge in [-0.3, -0.25) is 9.69 Å². The van der Waals surface area contributed by atoms with Crippen molar-refractivity contribution in [3.05, 3.63) is 46.4 Å². The normalized spacial score (nSPS) is 16.4. The van der Waals surface area contributed by atoms with Gasteiger partial charge in [-0.15, -0.1) is 10.2 Å². The minimum Gasteiger partial charge on any atom is -0.454 e. The molecule has 0 spiro atoms. The van der Waals surface area contributed by atoms with Crippen LogP contribution in [0.4, 0.5) is 5.69 Å². The summed E-state index contributed by atoms with van der Waals surface area (Å²) in [4.78, 5) is 18.9. The summed E-state index contributed by atoms with van der Waals surface area (Å²) in [6.45, 7) is 1.66. The second kappa shape index (κ2) is 7.44. The molecular weight excluding hydrogens is 472 g/mol. The fourth-order valence-corrected chi connectivity index (χ4v) is 4.10. The molecule has 0 aliphatic carbocycles. The number of hydrogen-bond donors (Lipinski definition) is 0. The van der Waals surface area contributed by atoms with Gasteiger partial charge in [-0.05, 0) is 42.7 Å². The van der Waals surface area contributed by atoms with E-state index in [1.807, 2.05) is 36.6 Å². The molecule has 0 radical (unpaired) electrons. The van der Waals surface area contributed by atoms with Gasteiger partial charge >= 0.3 is 0 Å². The Hall–Kier alpha value is -2.85. The number of anilines is 1. The number of halogens is 1. The van der Waals surface area contributed by atoms with E-state index in [0.717, 1.165) is 10.0 Å². The lowest BCUT2D eigenvalue weighted by Gasteiger charge is -2.30. The average Bonchev–Trinajstić information content (AvgIpc) is 3.16. The summed E-state index contributed by atoms with van der Waals surface area (Å²) in [5.41, 5.74) is 2.55. The fraction of sp³-hybridized carbons (Fsp3) is 0.200. The van der Waals surface area contributed by atoms with Crippen LogP contribution in [0.15, 0.2) is 46.0 Å². The van der Waals surface area contributed by atoms with Crippen molar-refractivity contribution in [1.29, 1.82) is 0 Å². The summed E-state index contributed by atoms with van der Waals surface area (Å²) in [6.07, 6.45) is 1.09. The molecule has 1 aromatic heterocycles. The van der Waals surface area contributed by atoms with E-state index >= 15 is 0 Å². The summed E-state index contributed by atoms with van der Waals surface area (Å²) in [6, 6.07) is 11.1. The first-order valence-electron chi connectivity index (χ1n) is 9.00. The smallest absolute Gasteiger partial charge is 0.247 e. The molecule has 2 aliphatic heterocycles. The van der Waals surface area contributed by atoms with Crippen LogP contribution >= 0.6 is 27.7 Å². The first-order valence-corrected chi connectivity index (χ1v) is 11.0. The van der Waals surface area contributed by atoms with Crippen LogP contribution in [-0.2, 0) is 4.79 Å². The van der Waals surface area contributed by atoms with Gasteiger partial charge in [0.15, 0.2) is 17.2 Å². The minimum absolute atomic E-state index is 0.161. The number of carbonyl (C=O) groups is 1. The number of benzene rings is 2. The van der Waals surface area contributed by atoms with Gasteiger partial charge in [-0.2, -0.15) is 4.98 Å². The molecule has 1 amide bonds. The van der Waals surface area contributed by atoms with Crippen molar-refractivity contribution in [2.75, 3.05) is 17.9 Å². The maximum Gasteiger partial charge on any atom is 0.247 e. The van der Waals surface area contributed by atoms with Crippen molar-refractivity contribution in [1.82, 2.24) is 15.2 Å². The molecule has 0 saturated heterocycles. The molecule has 1 atom stereocenters. The third-order valence-electron chi connectivity index (χ3n) is 4.77. The Morgan fingerprint density at radius 3 is 2.80 bits per heavy atom. The molecule has 0 unspecified atom stereocenters. The van der Waals surface area contributed by atoms with Crippen LogP contribution in [0.2, 0.25) is 0 Å². The maximum atomic E-state index is 12.8. The van der Waals surface area contributed by atoms with Crippen LogP contribution in [-0.4, -0.2) is 34.1 Å². The lowest BCUT2D eigenvalue weighted by atomic mass is 10.1. The highest BCUT2D eigenvalue weighted by Gasteiger charge is 2.35. The summed E-state index contributed by atoms with van der Waals surface area (Å²) in [7, 11) is 0. The van der Waals surface area contributed by atoms with E-state index in [-0.39, 0.29) is 12.7 Å². The van der Waals surface area contributed by atoms with Crippen molar-refractivity contribution in [3.63, 3.8) is 0 Å². The Labute approximate surface area is 184 Å². The Balaban J connectivity index is 1.74. The second-order valence-electron chi connectivity index (χ2n) is 6.59. The van der Waals surface area contributed by atoms with E-state index in [1.165, 1.54) is 18.7 Å². The number of hydrogen-bond acceptors (Lipinski definition) is 8. The second-order valence-corrected chi connectivity index (χ2v) is 8.27. The summed E-state index contributed by atoms with van der Waals surface area (Å²) < 4.78 is 18.1.